The third-order valence-electron chi connectivity index (χ3n) is 6.26. The van der Waals surface area contributed by atoms with Crippen LogP contribution in [0.4, 0.5) is 0 Å². The molecule has 0 aliphatic rings. The van der Waals surface area contributed by atoms with E-state index < -0.39 is 0 Å². The minimum Gasteiger partial charge on any atom is -0.244 e. The summed E-state index contributed by atoms with van der Waals surface area (Å²) in [7, 11) is 0. The van der Waals surface area contributed by atoms with Gasteiger partial charge in [-0.1, -0.05) is 84.9 Å². The second kappa shape index (κ2) is 7.22. The first-order valence-electron chi connectivity index (χ1n) is 11.0. The van der Waals surface area contributed by atoms with Gasteiger partial charge in [0.25, 0.3) is 0 Å². The Morgan fingerprint density at radius 2 is 1.21 bits per heavy atom. The Labute approximate surface area is 194 Å². The second-order valence-electron chi connectivity index (χ2n) is 8.22. The number of aromatic nitrogens is 2. The van der Waals surface area contributed by atoms with E-state index in [0.29, 0.717) is 0 Å². The van der Waals surface area contributed by atoms with Crippen LogP contribution >= 0.6 is 11.3 Å². The van der Waals surface area contributed by atoms with Gasteiger partial charge >= 0.3 is 0 Å². The standard InChI is InChI=1S/C30H18N2S/c1-2-9-20(10-3-1)29-30(32-24-15-6-5-14-23(24)31-29)22-13-8-11-19-17-18-26-28(27(19)22)21-12-4-7-16-25(21)33-26/h1-18H. The fourth-order valence-corrected chi connectivity index (χ4v) is 5.89. The number of rotatable bonds is 2. The third-order valence-corrected chi connectivity index (χ3v) is 7.39. The molecule has 0 atom stereocenters. The predicted octanol–water partition coefficient (Wildman–Crippen LogP) is 8.48. The smallest absolute Gasteiger partial charge is 0.0979 e. The number of nitrogens with zero attached hydrogens (tertiary/aromatic N) is 2. The number of thiophene rings is 1. The van der Waals surface area contributed by atoms with Crippen molar-refractivity contribution in [1.82, 2.24) is 9.97 Å². The van der Waals surface area contributed by atoms with Crippen LogP contribution in [0.5, 0.6) is 0 Å². The van der Waals surface area contributed by atoms with E-state index in [1.807, 2.05) is 41.7 Å². The normalized spacial score (nSPS) is 11.6. The Hall–Kier alpha value is -4.08. The number of hydrogen-bond donors (Lipinski definition) is 0. The molecule has 7 rings (SSSR count). The molecule has 0 saturated carbocycles. The first kappa shape index (κ1) is 18.5. The van der Waals surface area contributed by atoms with E-state index in [1.165, 1.54) is 30.9 Å². The lowest BCUT2D eigenvalue weighted by molar-refractivity contribution is 1.30. The molecule has 5 aromatic carbocycles. The average Bonchev–Trinajstić information content (AvgIpc) is 3.27. The molecule has 2 heterocycles. The van der Waals surface area contributed by atoms with Crippen molar-refractivity contribution in [3.63, 3.8) is 0 Å². The summed E-state index contributed by atoms with van der Waals surface area (Å²) in [4.78, 5) is 10.3. The first-order chi connectivity index (χ1) is 16.4. The minimum absolute atomic E-state index is 0.909. The van der Waals surface area contributed by atoms with Gasteiger partial charge in [0.05, 0.1) is 22.4 Å². The molecule has 7 aromatic rings. The van der Waals surface area contributed by atoms with Crippen molar-refractivity contribution in [2.75, 3.05) is 0 Å². The van der Waals surface area contributed by atoms with Crippen molar-refractivity contribution in [3.05, 3.63) is 109 Å². The molecule has 0 bridgehead atoms. The molecule has 0 saturated heterocycles. The Morgan fingerprint density at radius 3 is 2.06 bits per heavy atom. The summed E-state index contributed by atoms with van der Waals surface area (Å²) in [6.45, 7) is 0. The van der Waals surface area contributed by atoms with Gasteiger partial charge in [-0.3, -0.25) is 0 Å². The number of para-hydroxylation sites is 2. The van der Waals surface area contributed by atoms with Crippen LogP contribution in [0, 0.1) is 0 Å². The van der Waals surface area contributed by atoms with Gasteiger partial charge < -0.3 is 0 Å². The molecule has 0 unspecified atom stereocenters. The van der Waals surface area contributed by atoms with Crippen LogP contribution < -0.4 is 0 Å². The van der Waals surface area contributed by atoms with Gasteiger partial charge in [-0.25, -0.2) is 9.97 Å². The SMILES string of the molecule is c1ccc(-c2nc3ccccc3nc2-c2cccc3ccc4sc5ccccc5c4c23)cc1. The highest BCUT2D eigenvalue weighted by molar-refractivity contribution is 7.26. The lowest BCUT2D eigenvalue weighted by Crippen LogP contribution is -1.96. The molecule has 0 aliphatic heterocycles. The van der Waals surface area contributed by atoms with Crippen molar-refractivity contribution >= 4 is 53.3 Å². The van der Waals surface area contributed by atoms with E-state index in [9.17, 15) is 0 Å². The third kappa shape index (κ3) is 2.86. The van der Waals surface area contributed by atoms with Crippen molar-refractivity contribution in [2.45, 2.75) is 0 Å². The number of hydrogen-bond acceptors (Lipinski definition) is 3. The van der Waals surface area contributed by atoms with Crippen LogP contribution in [0.3, 0.4) is 0 Å². The highest BCUT2D eigenvalue weighted by atomic mass is 32.1. The monoisotopic (exact) mass is 438 g/mol. The van der Waals surface area contributed by atoms with Gasteiger partial charge in [0.15, 0.2) is 0 Å². The fraction of sp³-hybridized carbons (Fsp3) is 0. The molecular formula is C30H18N2S. The summed E-state index contributed by atoms with van der Waals surface area (Å²) in [5, 5.41) is 5.06. The van der Waals surface area contributed by atoms with Crippen LogP contribution in [0.1, 0.15) is 0 Å². The average molecular weight is 439 g/mol. The quantitative estimate of drug-likeness (QED) is 0.270. The summed E-state index contributed by atoms with van der Waals surface area (Å²) >= 11 is 1.85. The maximum atomic E-state index is 5.18. The summed E-state index contributed by atoms with van der Waals surface area (Å²) in [5.74, 6) is 0. The van der Waals surface area contributed by atoms with Gasteiger partial charge in [0.2, 0.25) is 0 Å². The molecule has 33 heavy (non-hydrogen) atoms. The van der Waals surface area contributed by atoms with Crippen molar-refractivity contribution < 1.29 is 0 Å². The molecule has 0 amide bonds. The van der Waals surface area contributed by atoms with Crippen LogP contribution in [-0.4, -0.2) is 9.97 Å². The second-order valence-corrected chi connectivity index (χ2v) is 9.30. The summed E-state index contributed by atoms with van der Waals surface area (Å²) in [6, 6.07) is 38.2. The highest BCUT2D eigenvalue weighted by Gasteiger charge is 2.18. The molecule has 0 radical (unpaired) electrons. The summed E-state index contributed by atoms with van der Waals surface area (Å²) in [5.41, 5.74) is 5.86. The fourth-order valence-electron chi connectivity index (χ4n) is 4.78. The topological polar surface area (TPSA) is 25.8 Å². The molecule has 2 aromatic heterocycles. The minimum atomic E-state index is 0.909. The molecule has 3 heteroatoms. The highest BCUT2D eigenvalue weighted by Crippen LogP contribution is 2.43. The molecular weight excluding hydrogens is 420 g/mol. The molecule has 0 spiro atoms. The lowest BCUT2D eigenvalue weighted by Gasteiger charge is -2.13. The predicted molar refractivity (Wildman–Crippen MR) is 141 cm³/mol. The Kier molecular flexibility index (Phi) is 4.05. The van der Waals surface area contributed by atoms with Gasteiger partial charge in [0, 0.05) is 36.7 Å². The molecule has 2 nitrogen and oxygen atoms in total. The molecule has 0 fully saturated rings. The van der Waals surface area contributed by atoms with Crippen molar-refractivity contribution in [3.8, 4) is 22.5 Å². The van der Waals surface area contributed by atoms with Crippen LogP contribution in [-0.2, 0) is 0 Å². The maximum Gasteiger partial charge on any atom is 0.0979 e. The number of benzene rings is 5. The molecule has 0 N–H and O–H groups in total. The van der Waals surface area contributed by atoms with Crippen molar-refractivity contribution in [1.29, 1.82) is 0 Å². The van der Waals surface area contributed by atoms with Gasteiger partial charge in [-0.2, -0.15) is 0 Å². The van der Waals surface area contributed by atoms with Crippen LogP contribution in [0.25, 0.3) is 64.5 Å². The van der Waals surface area contributed by atoms with E-state index in [0.717, 1.165) is 33.5 Å². The zero-order valence-corrected chi connectivity index (χ0v) is 18.5. The lowest BCUT2D eigenvalue weighted by atomic mass is 9.95. The van der Waals surface area contributed by atoms with E-state index >= 15 is 0 Å². The first-order valence-corrected chi connectivity index (χ1v) is 11.8. The van der Waals surface area contributed by atoms with Gasteiger partial charge in [0.1, 0.15) is 0 Å². The summed E-state index contributed by atoms with van der Waals surface area (Å²) < 4.78 is 2.61. The Bertz CT molecular complexity index is 1820. The van der Waals surface area contributed by atoms with Gasteiger partial charge in [-0.05, 0) is 29.7 Å². The van der Waals surface area contributed by atoms with Crippen molar-refractivity contribution in [2.24, 2.45) is 0 Å². The van der Waals surface area contributed by atoms with E-state index in [4.69, 9.17) is 9.97 Å². The Morgan fingerprint density at radius 1 is 0.485 bits per heavy atom. The maximum absolute atomic E-state index is 5.18. The molecule has 154 valence electrons. The number of fused-ring (bicyclic) bond motifs is 6. The van der Waals surface area contributed by atoms with E-state index in [-0.39, 0.29) is 0 Å². The zero-order chi connectivity index (χ0) is 21.8. The van der Waals surface area contributed by atoms with Crippen LogP contribution in [0.15, 0.2) is 109 Å². The van der Waals surface area contributed by atoms with E-state index in [1.54, 1.807) is 0 Å². The van der Waals surface area contributed by atoms with E-state index in [2.05, 4.69) is 78.9 Å². The largest absolute Gasteiger partial charge is 0.244 e. The van der Waals surface area contributed by atoms with Gasteiger partial charge in [-0.15, -0.1) is 11.3 Å². The summed E-state index contributed by atoms with van der Waals surface area (Å²) in [6.07, 6.45) is 0. The molecule has 0 aliphatic carbocycles. The zero-order valence-electron chi connectivity index (χ0n) is 17.7. The van der Waals surface area contributed by atoms with Crippen LogP contribution in [0.2, 0.25) is 0 Å². The Balaban J connectivity index is 1.66.